The lowest BCUT2D eigenvalue weighted by Crippen LogP contribution is -2.06. The zero-order chi connectivity index (χ0) is 25.3. The molecule has 5 rings (SSSR count). The molecular formula is C28H22FN3O3S. The monoisotopic (exact) mass is 499 g/mol. The van der Waals surface area contributed by atoms with Gasteiger partial charge in [-0.15, -0.1) is 0 Å². The van der Waals surface area contributed by atoms with Gasteiger partial charge in [0.15, 0.2) is 9.84 Å². The number of rotatable bonds is 6. The summed E-state index contributed by atoms with van der Waals surface area (Å²) in [4.78, 5) is 12.7. The molecule has 0 radical (unpaired) electrons. The summed E-state index contributed by atoms with van der Waals surface area (Å²) in [6, 6.07) is 18.9. The van der Waals surface area contributed by atoms with Gasteiger partial charge in [-0.3, -0.25) is 4.98 Å². The number of methoxy groups -OCH3 is 1. The van der Waals surface area contributed by atoms with Crippen molar-refractivity contribution in [2.45, 2.75) is 17.6 Å². The van der Waals surface area contributed by atoms with E-state index in [0.717, 1.165) is 33.2 Å². The van der Waals surface area contributed by atoms with E-state index in [1.165, 1.54) is 31.8 Å². The molecule has 36 heavy (non-hydrogen) atoms. The van der Waals surface area contributed by atoms with Crippen LogP contribution in [-0.2, 0) is 15.6 Å². The predicted octanol–water partition coefficient (Wildman–Crippen LogP) is 5.79. The predicted molar refractivity (Wildman–Crippen MR) is 137 cm³/mol. The largest absolute Gasteiger partial charge is 0.497 e. The fourth-order valence-electron chi connectivity index (χ4n) is 4.20. The van der Waals surface area contributed by atoms with E-state index in [1.807, 2.05) is 25.1 Å². The van der Waals surface area contributed by atoms with Gasteiger partial charge in [-0.1, -0.05) is 24.3 Å². The number of halogens is 1. The van der Waals surface area contributed by atoms with Crippen LogP contribution in [0.2, 0.25) is 0 Å². The Kier molecular flexibility index (Phi) is 6.20. The van der Waals surface area contributed by atoms with Crippen LogP contribution in [-0.4, -0.2) is 30.5 Å². The highest BCUT2D eigenvalue weighted by molar-refractivity contribution is 7.90. The molecule has 2 aromatic heterocycles. The number of aryl methyl sites for hydroxylation is 1. The van der Waals surface area contributed by atoms with Gasteiger partial charge in [0, 0.05) is 29.4 Å². The van der Waals surface area contributed by atoms with Gasteiger partial charge in [-0.05, 0) is 65.4 Å². The lowest BCUT2D eigenvalue weighted by atomic mass is 9.96. The topological polar surface area (TPSA) is 82.0 Å². The molecule has 6 nitrogen and oxygen atoms in total. The Hall–Kier alpha value is -4.17. The van der Waals surface area contributed by atoms with Crippen molar-refractivity contribution in [3.05, 3.63) is 103 Å². The third-order valence-electron chi connectivity index (χ3n) is 6.00. The molecule has 5 aromatic rings. The SMILES string of the molecule is COc1cc(F)cc(-c2ccc(-c3nccc4cc(S(=O)(=O)Cc5ccncn5)ccc34)c(C)c2)c1. The number of hydrogen-bond donors (Lipinski definition) is 0. The first-order valence-corrected chi connectivity index (χ1v) is 12.8. The molecule has 0 unspecified atom stereocenters. The van der Waals surface area contributed by atoms with Crippen LogP contribution in [0.25, 0.3) is 33.2 Å². The van der Waals surface area contributed by atoms with E-state index in [1.54, 1.807) is 42.6 Å². The fourth-order valence-corrected chi connectivity index (χ4v) is 5.51. The van der Waals surface area contributed by atoms with Gasteiger partial charge in [0.05, 0.1) is 29.1 Å². The number of fused-ring (bicyclic) bond motifs is 1. The smallest absolute Gasteiger partial charge is 0.184 e. The van der Waals surface area contributed by atoms with E-state index >= 15 is 0 Å². The van der Waals surface area contributed by atoms with Crippen molar-refractivity contribution in [1.82, 2.24) is 15.0 Å². The molecule has 0 aliphatic rings. The van der Waals surface area contributed by atoms with Crippen LogP contribution in [0.1, 0.15) is 11.3 Å². The third-order valence-corrected chi connectivity index (χ3v) is 7.65. The molecule has 0 fully saturated rings. The fraction of sp³-hybridized carbons (Fsp3) is 0.107. The molecule has 3 aromatic carbocycles. The van der Waals surface area contributed by atoms with E-state index < -0.39 is 9.84 Å². The van der Waals surface area contributed by atoms with Crippen molar-refractivity contribution in [3.63, 3.8) is 0 Å². The summed E-state index contributed by atoms with van der Waals surface area (Å²) in [5.74, 6) is -0.120. The number of pyridine rings is 1. The van der Waals surface area contributed by atoms with E-state index in [4.69, 9.17) is 4.74 Å². The first-order valence-electron chi connectivity index (χ1n) is 11.2. The third kappa shape index (κ3) is 4.67. The van der Waals surface area contributed by atoms with E-state index in [0.29, 0.717) is 17.0 Å². The van der Waals surface area contributed by atoms with Crippen LogP contribution in [0.5, 0.6) is 5.75 Å². The Morgan fingerprint density at radius 3 is 2.50 bits per heavy atom. The Bertz CT molecular complexity index is 1690. The summed E-state index contributed by atoms with van der Waals surface area (Å²) < 4.78 is 45.2. The highest BCUT2D eigenvalue weighted by Gasteiger charge is 2.18. The molecular weight excluding hydrogens is 477 g/mol. The molecule has 180 valence electrons. The van der Waals surface area contributed by atoms with Gasteiger partial charge >= 0.3 is 0 Å². The zero-order valence-corrected chi connectivity index (χ0v) is 20.5. The molecule has 0 aliphatic heterocycles. The van der Waals surface area contributed by atoms with E-state index in [2.05, 4.69) is 15.0 Å². The van der Waals surface area contributed by atoms with E-state index in [9.17, 15) is 12.8 Å². The number of benzene rings is 3. The average molecular weight is 500 g/mol. The lowest BCUT2D eigenvalue weighted by Gasteiger charge is -2.12. The molecule has 0 amide bonds. The molecule has 2 heterocycles. The summed E-state index contributed by atoms with van der Waals surface area (Å²) in [6.07, 6.45) is 4.53. The van der Waals surface area contributed by atoms with Crippen molar-refractivity contribution in [2.24, 2.45) is 0 Å². The maximum absolute atomic E-state index is 14.0. The van der Waals surface area contributed by atoms with Gasteiger partial charge in [-0.25, -0.2) is 22.8 Å². The minimum Gasteiger partial charge on any atom is -0.497 e. The van der Waals surface area contributed by atoms with Crippen LogP contribution >= 0.6 is 0 Å². The van der Waals surface area contributed by atoms with Crippen molar-refractivity contribution in [1.29, 1.82) is 0 Å². The molecule has 0 aliphatic carbocycles. The first kappa shape index (κ1) is 23.6. The quantitative estimate of drug-likeness (QED) is 0.294. The highest BCUT2D eigenvalue weighted by atomic mass is 32.2. The molecule has 0 bridgehead atoms. The second-order valence-corrected chi connectivity index (χ2v) is 10.4. The van der Waals surface area contributed by atoms with Crippen molar-refractivity contribution < 1.29 is 17.5 Å². The van der Waals surface area contributed by atoms with Crippen LogP contribution in [0, 0.1) is 12.7 Å². The second kappa shape index (κ2) is 9.47. The second-order valence-electron chi connectivity index (χ2n) is 8.41. The van der Waals surface area contributed by atoms with Gasteiger partial charge in [0.2, 0.25) is 0 Å². The van der Waals surface area contributed by atoms with Gasteiger partial charge in [0.25, 0.3) is 0 Å². The van der Waals surface area contributed by atoms with Crippen molar-refractivity contribution >= 4 is 20.6 Å². The Labute approximate surface area is 208 Å². The van der Waals surface area contributed by atoms with Gasteiger partial charge < -0.3 is 4.74 Å². The summed E-state index contributed by atoms with van der Waals surface area (Å²) in [5, 5.41) is 1.60. The maximum Gasteiger partial charge on any atom is 0.184 e. The Balaban J connectivity index is 1.52. The maximum atomic E-state index is 14.0. The van der Waals surface area contributed by atoms with Crippen LogP contribution in [0.4, 0.5) is 4.39 Å². The molecule has 0 saturated heterocycles. The molecule has 0 spiro atoms. The normalized spacial score (nSPS) is 11.5. The van der Waals surface area contributed by atoms with Crippen molar-refractivity contribution in [2.75, 3.05) is 7.11 Å². The summed E-state index contributed by atoms with van der Waals surface area (Å²) >= 11 is 0. The number of nitrogens with zero attached hydrogens (tertiary/aromatic N) is 3. The highest BCUT2D eigenvalue weighted by Crippen LogP contribution is 2.34. The first-order chi connectivity index (χ1) is 17.3. The van der Waals surface area contributed by atoms with Crippen LogP contribution in [0.15, 0.2) is 90.3 Å². The summed E-state index contributed by atoms with van der Waals surface area (Å²) in [6.45, 7) is 1.97. The Morgan fingerprint density at radius 2 is 1.75 bits per heavy atom. The zero-order valence-electron chi connectivity index (χ0n) is 19.6. The minimum absolute atomic E-state index is 0.204. The Morgan fingerprint density at radius 1 is 0.889 bits per heavy atom. The standard InChI is InChI=1S/C28H22FN3O3S/c1-18-11-19(21-12-22(29)15-24(13-21)35-2)3-5-26(18)28-27-6-4-25(14-20(27)7-10-31-28)36(33,34)16-23-8-9-30-17-32-23/h3-15,17H,16H2,1-2H3. The van der Waals surface area contributed by atoms with Gasteiger partial charge in [0.1, 0.15) is 17.9 Å². The summed E-state index contributed by atoms with van der Waals surface area (Å²) in [7, 11) is -2.08. The molecule has 0 saturated carbocycles. The van der Waals surface area contributed by atoms with Crippen molar-refractivity contribution in [3.8, 4) is 28.1 Å². The minimum atomic E-state index is -3.59. The van der Waals surface area contributed by atoms with E-state index in [-0.39, 0.29) is 16.5 Å². The number of hydrogen-bond acceptors (Lipinski definition) is 6. The molecule has 8 heteroatoms. The lowest BCUT2D eigenvalue weighted by molar-refractivity contribution is 0.411. The number of ether oxygens (including phenoxy) is 1. The number of aromatic nitrogens is 3. The van der Waals surface area contributed by atoms with Gasteiger partial charge in [-0.2, -0.15) is 0 Å². The average Bonchev–Trinajstić information content (AvgIpc) is 2.88. The van der Waals surface area contributed by atoms with Crippen LogP contribution in [0.3, 0.4) is 0 Å². The van der Waals surface area contributed by atoms with Crippen LogP contribution < -0.4 is 4.74 Å². The molecule has 0 N–H and O–H groups in total. The molecule has 0 atom stereocenters. The summed E-state index contributed by atoms with van der Waals surface area (Å²) in [5.41, 5.74) is 4.61. The number of sulfone groups is 1.